The molecule has 1 aliphatic heterocycles. The summed E-state index contributed by atoms with van der Waals surface area (Å²) in [5.74, 6) is 0.271. The van der Waals surface area contributed by atoms with Crippen LogP contribution in [0.4, 0.5) is 11.4 Å². The van der Waals surface area contributed by atoms with E-state index in [1.54, 1.807) is 17.0 Å². The Morgan fingerprint density at radius 1 is 1.35 bits per heavy atom. The Morgan fingerprint density at radius 3 is 3.00 bits per heavy atom. The Morgan fingerprint density at radius 2 is 2.24 bits per heavy atom. The fraction of sp³-hybridized carbons (Fsp3) is 0.154. The minimum atomic E-state index is -0.0986. The normalized spacial score (nSPS) is 13.8. The number of hydrogen-bond acceptors (Lipinski definition) is 3. The summed E-state index contributed by atoms with van der Waals surface area (Å²) in [4.78, 5) is 13.9. The maximum Gasteiger partial charge on any atom is 0.293 e. The van der Waals surface area contributed by atoms with Gasteiger partial charge in [0.25, 0.3) is 5.91 Å². The molecule has 86 valence electrons. The molecule has 0 saturated heterocycles. The fourth-order valence-corrected chi connectivity index (χ4v) is 2.17. The van der Waals surface area contributed by atoms with Crippen molar-refractivity contribution in [1.29, 1.82) is 0 Å². The molecule has 4 heteroatoms. The molecule has 2 N–H and O–H groups in total. The number of hydrogen-bond donors (Lipinski definition) is 1. The van der Waals surface area contributed by atoms with Crippen LogP contribution in [0.15, 0.2) is 41.0 Å². The molecular formula is C13H12N2O2. The van der Waals surface area contributed by atoms with E-state index in [9.17, 15) is 4.79 Å². The number of carbonyl (C=O) groups excluding carboxylic acids is 1. The standard InChI is InChI=1S/C13H12N2O2/c14-10-3-4-11-9(8-10)5-6-15(11)13(16)12-2-1-7-17-12/h1-4,7-8H,5-6,14H2. The molecular weight excluding hydrogens is 216 g/mol. The molecule has 2 aromatic rings. The molecule has 0 unspecified atom stereocenters. The van der Waals surface area contributed by atoms with Crippen molar-refractivity contribution in [3.05, 3.63) is 47.9 Å². The van der Waals surface area contributed by atoms with Crippen LogP contribution in [0, 0.1) is 0 Å². The molecule has 2 heterocycles. The number of carbonyl (C=O) groups is 1. The molecule has 4 nitrogen and oxygen atoms in total. The summed E-state index contributed by atoms with van der Waals surface area (Å²) in [6.45, 7) is 0.679. The van der Waals surface area contributed by atoms with Gasteiger partial charge in [0.2, 0.25) is 0 Å². The Hall–Kier alpha value is -2.23. The number of furan rings is 1. The number of benzene rings is 1. The van der Waals surface area contributed by atoms with Crippen molar-refractivity contribution in [2.75, 3.05) is 17.2 Å². The minimum absolute atomic E-state index is 0.0986. The molecule has 0 fully saturated rings. The molecule has 1 aromatic heterocycles. The third kappa shape index (κ3) is 1.58. The van der Waals surface area contributed by atoms with Crippen LogP contribution in [0.5, 0.6) is 0 Å². The number of nitrogens with two attached hydrogens (primary N) is 1. The SMILES string of the molecule is Nc1ccc2c(c1)CCN2C(=O)c1ccco1. The van der Waals surface area contributed by atoms with E-state index in [4.69, 9.17) is 10.2 Å². The van der Waals surface area contributed by atoms with Gasteiger partial charge in [0.15, 0.2) is 5.76 Å². The lowest BCUT2D eigenvalue weighted by molar-refractivity contribution is 0.0963. The van der Waals surface area contributed by atoms with E-state index >= 15 is 0 Å². The topological polar surface area (TPSA) is 59.5 Å². The molecule has 0 atom stereocenters. The summed E-state index contributed by atoms with van der Waals surface area (Å²) in [6, 6.07) is 9.01. The first-order chi connectivity index (χ1) is 8.25. The molecule has 0 spiro atoms. The first-order valence-electron chi connectivity index (χ1n) is 5.49. The van der Waals surface area contributed by atoms with Gasteiger partial charge in [-0.3, -0.25) is 4.79 Å². The molecule has 17 heavy (non-hydrogen) atoms. The van der Waals surface area contributed by atoms with Crippen LogP contribution < -0.4 is 10.6 Å². The zero-order valence-electron chi connectivity index (χ0n) is 9.22. The maximum atomic E-state index is 12.2. The number of nitrogens with zero attached hydrogens (tertiary/aromatic N) is 1. The van der Waals surface area contributed by atoms with E-state index in [0.717, 1.165) is 23.4 Å². The lowest BCUT2D eigenvalue weighted by Gasteiger charge is -2.15. The molecule has 0 aliphatic carbocycles. The second-order valence-corrected chi connectivity index (χ2v) is 4.07. The van der Waals surface area contributed by atoms with E-state index in [0.29, 0.717) is 12.3 Å². The molecule has 3 rings (SSSR count). The molecule has 0 saturated carbocycles. The molecule has 0 radical (unpaired) electrons. The van der Waals surface area contributed by atoms with Gasteiger partial charge in [-0.1, -0.05) is 0 Å². The first-order valence-corrected chi connectivity index (χ1v) is 5.49. The highest BCUT2D eigenvalue weighted by Gasteiger charge is 2.26. The van der Waals surface area contributed by atoms with Crippen LogP contribution in [0.2, 0.25) is 0 Å². The zero-order valence-corrected chi connectivity index (χ0v) is 9.22. The lowest BCUT2D eigenvalue weighted by atomic mass is 10.1. The van der Waals surface area contributed by atoms with E-state index in [-0.39, 0.29) is 5.91 Å². The molecule has 0 bridgehead atoms. The van der Waals surface area contributed by atoms with E-state index in [1.165, 1.54) is 6.26 Å². The predicted molar refractivity (Wildman–Crippen MR) is 64.9 cm³/mol. The highest BCUT2D eigenvalue weighted by molar-refractivity contribution is 6.05. The van der Waals surface area contributed by atoms with Crippen LogP contribution in [0.3, 0.4) is 0 Å². The van der Waals surface area contributed by atoms with Gasteiger partial charge in [-0.25, -0.2) is 0 Å². The van der Waals surface area contributed by atoms with Crippen molar-refractivity contribution >= 4 is 17.3 Å². The van der Waals surface area contributed by atoms with Crippen molar-refractivity contribution in [1.82, 2.24) is 0 Å². The van der Waals surface area contributed by atoms with Gasteiger partial charge in [-0.15, -0.1) is 0 Å². The third-order valence-electron chi connectivity index (χ3n) is 2.98. The second-order valence-electron chi connectivity index (χ2n) is 4.07. The highest BCUT2D eigenvalue weighted by Crippen LogP contribution is 2.30. The summed E-state index contributed by atoms with van der Waals surface area (Å²) in [7, 11) is 0. The average molecular weight is 228 g/mol. The number of rotatable bonds is 1. The van der Waals surface area contributed by atoms with Gasteiger partial charge < -0.3 is 15.1 Å². The smallest absolute Gasteiger partial charge is 0.293 e. The number of amides is 1. The van der Waals surface area contributed by atoms with Crippen molar-refractivity contribution in [2.45, 2.75) is 6.42 Å². The molecule has 1 amide bonds. The summed E-state index contributed by atoms with van der Waals surface area (Å²) in [5.41, 5.74) is 8.50. The van der Waals surface area contributed by atoms with Crippen LogP contribution >= 0.6 is 0 Å². The van der Waals surface area contributed by atoms with Crippen LogP contribution in [0.25, 0.3) is 0 Å². The van der Waals surface area contributed by atoms with Crippen LogP contribution in [-0.4, -0.2) is 12.5 Å². The molecule has 1 aromatic carbocycles. The maximum absolute atomic E-state index is 12.2. The van der Waals surface area contributed by atoms with Crippen molar-refractivity contribution in [2.24, 2.45) is 0 Å². The number of nitrogen functional groups attached to an aromatic ring is 1. The summed E-state index contributed by atoms with van der Waals surface area (Å²) < 4.78 is 5.13. The van der Waals surface area contributed by atoms with Gasteiger partial charge in [-0.05, 0) is 42.3 Å². The predicted octanol–water partition coefficient (Wildman–Crippen LogP) is 2.06. The van der Waals surface area contributed by atoms with Gasteiger partial charge in [0, 0.05) is 17.9 Å². The summed E-state index contributed by atoms with van der Waals surface area (Å²) in [6.07, 6.45) is 2.35. The first kappa shape index (κ1) is 9.96. The largest absolute Gasteiger partial charge is 0.459 e. The lowest BCUT2D eigenvalue weighted by Crippen LogP contribution is -2.28. The Bertz CT molecular complexity index is 561. The average Bonchev–Trinajstić information content (AvgIpc) is 2.96. The van der Waals surface area contributed by atoms with Gasteiger partial charge in [-0.2, -0.15) is 0 Å². The zero-order chi connectivity index (χ0) is 11.8. The van der Waals surface area contributed by atoms with E-state index in [2.05, 4.69) is 0 Å². The van der Waals surface area contributed by atoms with Crippen molar-refractivity contribution in [3.63, 3.8) is 0 Å². The Kier molecular flexibility index (Phi) is 2.14. The van der Waals surface area contributed by atoms with E-state index < -0.39 is 0 Å². The Labute approximate surface area is 98.6 Å². The number of anilines is 2. The minimum Gasteiger partial charge on any atom is -0.459 e. The molecule has 1 aliphatic rings. The summed E-state index contributed by atoms with van der Waals surface area (Å²) in [5, 5.41) is 0. The van der Waals surface area contributed by atoms with Crippen molar-refractivity contribution in [3.8, 4) is 0 Å². The van der Waals surface area contributed by atoms with Crippen LogP contribution in [-0.2, 0) is 6.42 Å². The van der Waals surface area contributed by atoms with Crippen molar-refractivity contribution < 1.29 is 9.21 Å². The fourth-order valence-electron chi connectivity index (χ4n) is 2.17. The van der Waals surface area contributed by atoms with Crippen LogP contribution in [0.1, 0.15) is 16.1 Å². The Balaban J connectivity index is 1.96. The number of fused-ring (bicyclic) bond motifs is 1. The quantitative estimate of drug-likeness (QED) is 0.760. The van der Waals surface area contributed by atoms with Gasteiger partial charge in [0.1, 0.15) is 0 Å². The van der Waals surface area contributed by atoms with E-state index in [1.807, 2.05) is 18.2 Å². The second kappa shape index (κ2) is 3.66. The summed E-state index contributed by atoms with van der Waals surface area (Å²) >= 11 is 0. The van der Waals surface area contributed by atoms with Gasteiger partial charge in [0.05, 0.1) is 6.26 Å². The highest BCUT2D eigenvalue weighted by atomic mass is 16.3. The third-order valence-corrected chi connectivity index (χ3v) is 2.98. The monoisotopic (exact) mass is 228 g/mol. The van der Waals surface area contributed by atoms with Gasteiger partial charge >= 0.3 is 0 Å².